The molecule has 2 aromatic carbocycles. The Morgan fingerprint density at radius 2 is 1.89 bits per heavy atom. The lowest BCUT2D eigenvalue weighted by atomic mass is 10.0. The van der Waals surface area contributed by atoms with E-state index in [1.165, 1.54) is 23.5 Å². The maximum atomic E-state index is 13.1. The predicted molar refractivity (Wildman–Crippen MR) is 106 cm³/mol. The predicted octanol–water partition coefficient (Wildman–Crippen LogP) is 5.41. The summed E-state index contributed by atoms with van der Waals surface area (Å²) in [7, 11) is 0. The van der Waals surface area contributed by atoms with E-state index in [1.807, 2.05) is 29.6 Å². The minimum atomic E-state index is -0.275. The molecule has 6 heteroatoms. The Bertz CT molecular complexity index is 936. The Labute approximate surface area is 166 Å². The summed E-state index contributed by atoms with van der Waals surface area (Å²) in [4.78, 5) is 17.1. The van der Waals surface area contributed by atoms with Gasteiger partial charge in [-0.15, -0.1) is 11.3 Å². The first-order valence-corrected chi connectivity index (χ1v) is 10.1. The number of hydrogen-bond donors (Lipinski definition) is 1. The van der Waals surface area contributed by atoms with Gasteiger partial charge < -0.3 is 5.32 Å². The first kappa shape index (κ1) is 18.1. The summed E-state index contributed by atoms with van der Waals surface area (Å²) in [5, 5.41) is 6.51. The van der Waals surface area contributed by atoms with Gasteiger partial charge in [0, 0.05) is 16.0 Å². The van der Waals surface area contributed by atoms with E-state index in [-0.39, 0.29) is 24.2 Å². The van der Waals surface area contributed by atoms with Gasteiger partial charge in [-0.3, -0.25) is 4.79 Å². The smallest absolute Gasteiger partial charge is 0.226 e. The molecule has 3 aromatic rings. The number of nitrogens with zero attached hydrogens (tertiary/aromatic N) is 1. The van der Waals surface area contributed by atoms with Gasteiger partial charge in [0.15, 0.2) is 0 Å². The third kappa shape index (κ3) is 4.54. The van der Waals surface area contributed by atoms with Crippen LogP contribution in [0.2, 0.25) is 5.02 Å². The lowest BCUT2D eigenvalue weighted by molar-refractivity contribution is -0.121. The lowest BCUT2D eigenvalue weighted by Gasteiger charge is -2.18. The molecule has 1 saturated carbocycles. The zero-order valence-electron chi connectivity index (χ0n) is 14.5. The van der Waals surface area contributed by atoms with Crippen molar-refractivity contribution in [2.24, 2.45) is 5.92 Å². The highest BCUT2D eigenvalue weighted by atomic mass is 35.5. The third-order valence-electron chi connectivity index (χ3n) is 4.62. The molecule has 0 bridgehead atoms. The van der Waals surface area contributed by atoms with Crippen molar-refractivity contribution in [3.8, 4) is 10.6 Å². The number of thiazole rings is 1. The summed E-state index contributed by atoms with van der Waals surface area (Å²) in [6, 6.07) is 13.9. The zero-order chi connectivity index (χ0) is 18.8. The molecule has 0 aliphatic heterocycles. The number of carbonyl (C=O) groups is 1. The highest BCUT2D eigenvalue weighted by Crippen LogP contribution is 2.41. The second-order valence-electron chi connectivity index (χ2n) is 6.76. The SMILES string of the molecule is O=C(Cc1csc(-c2ccc(F)cc2)n1)N[C@@H](c1ccc(Cl)cc1)C1CC1. The Hall–Kier alpha value is -2.24. The van der Waals surface area contributed by atoms with Crippen LogP contribution in [0.25, 0.3) is 10.6 Å². The number of nitrogens with one attached hydrogen (secondary N) is 1. The fourth-order valence-corrected chi connectivity index (χ4v) is 4.03. The topological polar surface area (TPSA) is 42.0 Å². The van der Waals surface area contributed by atoms with Crippen LogP contribution >= 0.6 is 22.9 Å². The minimum Gasteiger partial charge on any atom is -0.349 e. The van der Waals surface area contributed by atoms with Gasteiger partial charge in [-0.2, -0.15) is 0 Å². The van der Waals surface area contributed by atoms with Crippen LogP contribution in [-0.2, 0) is 11.2 Å². The molecule has 27 heavy (non-hydrogen) atoms. The molecule has 1 amide bonds. The minimum absolute atomic E-state index is 0.0185. The molecule has 0 spiro atoms. The van der Waals surface area contributed by atoms with Gasteiger partial charge in [-0.1, -0.05) is 23.7 Å². The molecule has 0 unspecified atom stereocenters. The normalized spacial score (nSPS) is 14.7. The molecule has 1 heterocycles. The Morgan fingerprint density at radius 1 is 1.19 bits per heavy atom. The number of rotatable bonds is 6. The number of carbonyl (C=O) groups excluding carboxylic acids is 1. The van der Waals surface area contributed by atoms with Gasteiger partial charge >= 0.3 is 0 Å². The van der Waals surface area contributed by atoms with Crippen molar-refractivity contribution in [1.29, 1.82) is 0 Å². The van der Waals surface area contributed by atoms with Crippen molar-refractivity contribution < 1.29 is 9.18 Å². The summed E-state index contributed by atoms with van der Waals surface area (Å²) in [6.45, 7) is 0. The van der Waals surface area contributed by atoms with Crippen LogP contribution in [0.4, 0.5) is 4.39 Å². The van der Waals surface area contributed by atoms with Crippen LogP contribution in [0.5, 0.6) is 0 Å². The Morgan fingerprint density at radius 3 is 2.56 bits per heavy atom. The molecule has 1 aromatic heterocycles. The van der Waals surface area contributed by atoms with E-state index < -0.39 is 0 Å². The summed E-state index contributed by atoms with van der Waals surface area (Å²) in [5.41, 5.74) is 2.66. The van der Waals surface area contributed by atoms with Gasteiger partial charge in [0.2, 0.25) is 5.91 Å². The number of benzene rings is 2. The largest absolute Gasteiger partial charge is 0.349 e. The van der Waals surface area contributed by atoms with Crippen molar-refractivity contribution in [2.75, 3.05) is 0 Å². The van der Waals surface area contributed by atoms with E-state index in [0.717, 1.165) is 34.7 Å². The van der Waals surface area contributed by atoms with Gasteiger partial charge in [0.1, 0.15) is 10.8 Å². The molecule has 138 valence electrons. The summed E-state index contributed by atoms with van der Waals surface area (Å²) >= 11 is 7.43. The van der Waals surface area contributed by atoms with Crippen LogP contribution in [0.15, 0.2) is 53.9 Å². The van der Waals surface area contributed by atoms with Crippen LogP contribution < -0.4 is 5.32 Å². The van der Waals surface area contributed by atoms with E-state index in [9.17, 15) is 9.18 Å². The summed E-state index contributed by atoms with van der Waals surface area (Å²) < 4.78 is 13.1. The van der Waals surface area contributed by atoms with Crippen molar-refractivity contribution >= 4 is 28.8 Å². The van der Waals surface area contributed by atoms with Gasteiger partial charge in [-0.05, 0) is 60.7 Å². The van der Waals surface area contributed by atoms with E-state index in [1.54, 1.807) is 12.1 Å². The second-order valence-corrected chi connectivity index (χ2v) is 8.06. The summed E-state index contributed by atoms with van der Waals surface area (Å²) in [6.07, 6.45) is 2.48. The molecule has 1 aliphatic rings. The molecular weight excluding hydrogens is 383 g/mol. The molecule has 1 aliphatic carbocycles. The Kier molecular flexibility index (Phi) is 5.23. The quantitative estimate of drug-likeness (QED) is 0.600. The number of hydrogen-bond acceptors (Lipinski definition) is 3. The lowest BCUT2D eigenvalue weighted by Crippen LogP contribution is -2.31. The van der Waals surface area contributed by atoms with Crippen LogP contribution in [0, 0.1) is 11.7 Å². The van der Waals surface area contributed by atoms with Crippen molar-refractivity contribution in [1.82, 2.24) is 10.3 Å². The van der Waals surface area contributed by atoms with E-state index in [2.05, 4.69) is 10.3 Å². The van der Waals surface area contributed by atoms with Crippen LogP contribution in [0.3, 0.4) is 0 Å². The molecule has 0 radical (unpaired) electrons. The van der Waals surface area contributed by atoms with Crippen molar-refractivity contribution in [3.05, 3.63) is 76.0 Å². The van der Waals surface area contributed by atoms with Gasteiger partial charge in [0.25, 0.3) is 0 Å². The highest BCUT2D eigenvalue weighted by Gasteiger charge is 2.33. The Balaban J connectivity index is 1.42. The van der Waals surface area contributed by atoms with E-state index in [4.69, 9.17) is 11.6 Å². The maximum absolute atomic E-state index is 13.1. The molecule has 1 fully saturated rings. The number of halogens is 2. The first-order valence-electron chi connectivity index (χ1n) is 8.83. The summed E-state index contributed by atoms with van der Waals surface area (Å²) in [5.74, 6) is 0.168. The first-order chi connectivity index (χ1) is 13.1. The fourth-order valence-electron chi connectivity index (χ4n) is 3.08. The fraction of sp³-hybridized carbons (Fsp3) is 0.238. The van der Waals surface area contributed by atoms with E-state index >= 15 is 0 Å². The van der Waals surface area contributed by atoms with Crippen molar-refractivity contribution in [3.63, 3.8) is 0 Å². The van der Waals surface area contributed by atoms with Gasteiger partial charge in [-0.25, -0.2) is 9.37 Å². The van der Waals surface area contributed by atoms with Gasteiger partial charge in [0.05, 0.1) is 18.2 Å². The molecule has 3 nitrogen and oxygen atoms in total. The number of aromatic nitrogens is 1. The molecule has 0 saturated heterocycles. The monoisotopic (exact) mass is 400 g/mol. The average Bonchev–Trinajstić information content (AvgIpc) is 3.40. The third-order valence-corrected chi connectivity index (χ3v) is 5.82. The maximum Gasteiger partial charge on any atom is 0.226 e. The molecular formula is C21H18ClFN2OS. The molecule has 4 rings (SSSR count). The second kappa shape index (κ2) is 7.79. The zero-order valence-corrected chi connectivity index (χ0v) is 16.1. The van der Waals surface area contributed by atoms with Crippen LogP contribution in [0.1, 0.15) is 30.1 Å². The van der Waals surface area contributed by atoms with Crippen LogP contribution in [-0.4, -0.2) is 10.9 Å². The van der Waals surface area contributed by atoms with Crippen molar-refractivity contribution in [2.45, 2.75) is 25.3 Å². The number of amides is 1. The average molecular weight is 401 g/mol. The standard InChI is InChI=1S/C21H18ClFN2OS/c22-16-7-3-14(4-8-16)20(13-1-2-13)25-19(26)11-18-12-27-21(24-18)15-5-9-17(23)10-6-15/h3-10,12-13,20H,1-2,11H2,(H,25,26)/t20-/m1/s1. The molecule has 1 atom stereocenters. The van der Waals surface area contributed by atoms with E-state index in [0.29, 0.717) is 10.9 Å². The molecule has 1 N–H and O–H groups in total. The highest BCUT2D eigenvalue weighted by molar-refractivity contribution is 7.13.